The normalized spacial score (nSPS) is 32.4. The van der Waals surface area contributed by atoms with Crippen molar-refractivity contribution in [1.29, 1.82) is 0 Å². The average molecular weight is 249 g/mol. The first-order valence-electron chi connectivity index (χ1n) is 4.64. The molecule has 78 valence electrons. The second-order valence-electron chi connectivity index (χ2n) is 3.90. The first-order valence-corrected chi connectivity index (χ1v) is 6.99. The molecule has 4 heteroatoms. The van der Waals surface area contributed by atoms with E-state index in [1.807, 2.05) is 23.9 Å². The maximum Gasteiger partial charge on any atom is 0.0931 e. The van der Waals surface area contributed by atoms with Crippen molar-refractivity contribution in [2.24, 2.45) is 5.92 Å². The Kier molecular flexibility index (Phi) is 3.12. The van der Waals surface area contributed by atoms with Crippen LogP contribution in [0.25, 0.3) is 0 Å². The third-order valence-electron chi connectivity index (χ3n) is 2.75. The molecule has 0 radical (unpaired) electrons. The van der Waals surface area contributed by atoms with Crippen LogP contribution in [0.3, 0.4) is 0 Å². The fourth-order valence-electron chi connectivity index (χ4n) is 1.68. The zero-order valence-electron chi connectivity index (χ0n) is 8.00. The quantitative estimate of drug-likeness (QED) is 0.868. The zero-order valence-corrected chi connectivity index (χ0v) is 10.4. The molecule has 1 aliphatic heterocycles. The van der Waals surface area contributed by atoms with Crippen LogP contribution in [0.15, 0.2) is 12.1 Å². The van der Waals surface area contributed by atoms with Gasteiger partial charge in [0, 0.05) is 17.1 Å². The maximum atomic E-state index is 10.4. The molecule has 1 aliphatic rings. The average Bonchev–Trinajstić information content (AvgIpc) is 2.62. The van der Waals surface area contributed by atoms with Crippen LogP contribution < -0.4 is 0 Å². The molecular weight excluding hydrogens is 236 g/mol. The molecule has 1 saturated heterocycles. The lowest BCUT2D eigenvalue weighted by molar-refractivity contribution is 0.0286. The lowest BCUT2D eigenvalue weighted by atomic mass is 9.89. The molecule has 0 amide bonds. The molecule has 0 aliphatic carbocycles. The number of aliphatic hydroxyl groups is 1. The monoisotopic (exact) mass is 248 g/mol. The SMILES string of the molecule is CC1CSCC1(O)Cc1ccc(Cl)s1. The van der Waals surface area contributed by atoms with Gasteiger partial charge in [0.05, 0.1) is 9.94 Å². The van der Waals surface area contributed by atoms with Crippen molar-refractivity contribution in [3.8, 4) is 0 Å². The van der Waals surface area contributed by atoms with E-state index in [-0.39, 0.29) is 0 Å². The van der Waals surface area contributed by atoms with Gasteiger partial charge in [0.1, 0.15) is 0 Å². The van der Waals surface area contributed by atoms with Gasteiger partial charge in [-0.25, -0.2) is 0 Å². The summed E-state index contributed by atoms with van der Waals surface area (Å²) >= 11 is 9.27. The predicted molar refractivity (Wildman–Crippen MR) is 64.5 cm³/mol. The number of rotatable bonds is 2. The highest BCUT2D eigenvalue weighted by Gasteiger charge is 2.39. The largest absolute Gasteiger partial charge is 0.388 e. The molecule has 1 aromatic rings. The predicted octanol–water partition coefficient (Wildman–Crippen LogP) is 3.06. The summed E-state index contributed by atoms with van der Waals surface area (Å²) in [4.78, 5) is 1.19. The number of halogens is 1. The summed E-state index contributed by atoms with van der Waals surface area (Å²) in [5.41, 5.74) is -0.515. The second-order valence-corrected chi connectivity index (χ2v) is 6.73. The Balaban J connectivity index is 2.10. The standard InChI is InChI=1S/C10H13ClOS2/c1-7-5-13-6-10(7,12)4-8-2-3-9(11)14-8/h2-3,7,12H,4-6H2,1H3. The van der Waals surface area contributed by atoms with Crippen molar-refractivity contribution in [2.75, 3.05) is 11.5 Å². The molecule has 0 saturated carbocycles. The molecule has 1 nitrogen and oxygen atoms in total. The summed E-state index contributed by atoms with van der Waals surface area (Å²) < 4.78 is 0.807. The highest BCUT2D eigenvalue weighted by molar-refractivity contribution is 7.99. The van der Waals surface area contributed by atoms with E-state index in [9.17, 15) is 5.11 Å². The van der Waals surface area contributed by atoms with Gasteiger partial charge in [-0.2, -0.15) is 11.8 Å². The van der Waals surface area contributed by atoms with Gasteiger partial charge in [-0.05, 0) is 23.8 Å². The Bertz CT molecular complexity index is 326. The summed E-state index contributed by atoms with van der Waals surface area (Å²) in [6.45, 7) is 2.12. The Morgan fingerprint density at radius 3 is 2.93 bits per heavy atom. The highest BCUT2D eigenvalue weighted by atomic mass is 35.5. The fourth-order valence-corrected chi connectivity index (χ4v) is 4.41. The highest BCUT2D eigenvalue weighted by Crippen LogP contribution is 2.37. The van der Waals surface area contributed by atoms with Gasteiger partial charge < -0.3 is 5.11 Å². The van der Waals surface area contributed by atoms with E-state index < -0.39 is 5.60 Å². The molecule has 2 unspecified atom stereocenters. The van der Waals surface area contributed by atoms with E-state index in [0.717, 1.165) is 22.3 Å². The molecule has 2 rings (SSSR count). The molecule has 1 N–H and O–H groups in total. The van der Waals surface area contributed by atoms with Crippen LogP contribution in [-0.4, -0.2) is 22.2 Å². The van der Waals surface area contributed by atoms with E-state index in [1.54, 1.807) is 11.3 Å². The lowest BCUT2D eigenvalue weighted by Gasteiger charge is -2.25. The zero-order chi connectivity index (χ0) is 10.2. The van der Waals surface area contributed by atoms with E-state index in [0.29, 0.717) is 5.92 Å². The van der Waals surface area contributed by atoms with Crippen LogP contribution in [0.5, 0.6) is 0 Å². The molecular formula is C10H13ClOS2. The first-order chi connectivity index (χ1) is 6.60. The summed E-state index contributed by atoms with van der Waals surface area (Å²) in [6.07, 6.45) is 0.749. The topological polar surface area (TPSA) is 20.2 Å². The Hall–Kier alpha value is 0.300. The van der Waals surface area contributed by atoms with Crippen LogP contribution >= 0.6 is 34.7 Å². The lowest BCUT2D eigenvalue weighted by Crippen LogP contribution is -2.37. The summed E-state index contributed by atoms with van der Waals surface area (Å²) in [6, 6.07) is 3.92. The summed E-state index contributed by atoms with van der Waals surface area (Å²) in [7, 11) is 0. The third-order valence-corrected chi connectivity index (χ3v) is 5.42. The third kappa shape index (κ3) is 2.11. The van der Waals surface area contributed by atoms with Crippen LogP contribution in [0.2, 0.25) is 4.34 Å². The maximum absolute atomic E-state index is 10.4. The van der Waals surface area contributed by atoms with E-state index in [2.05, 4.69) is 6.92 Å². The van der Waals surface area contributed by atoms with Crippen molar-refractivity contribution in [3.63, 3.8) is 0 Å². The van der Waals surface area contributed by atoms with Crippen molar-refractivity contribution in [2.45, 2.75) is 18.9 Å². The Morgan fingerprint density at radius 1 is 1.64 bits per heavy atom. The van der Waals surface area contributed by atoms with Crippen LogP contribution in [0.4, 0.5) is 0 Å². The molecule has 0 spiro atoms. The minimum absolute atomic E-state index is 0.383. The minimum atomic E-state index is -0.515. The Morgan fingerprint density at radius 2 is 2.43 bits per heavy atom. The smallest absolute Gasteiger partial charge is 0.0931 e. The van der Waals surface area contributed by atoms with Crippen molar-refractivity contribution in [1.82, 2.24) is 0 Å². The molecule has 0 bridgehead atoms. The number of thioether (sulfide) groups is 1. The number of hydrogen-bond donors (Lipinski definition) is 1. The molecule has 0 aromatic carbocycles. The van der Waals surface area contributed by atoms with E-state index in [4.69, 9.17) is 11.6 Å². The van der Waals surface area contributed by atoms with Crippen molar-refractivity contribution in [3.05, 3.63) is 21.3 Å². The van der Waals surface area contributed by atoms with Crippen molar-refractivity contribution < 1.29 is 5.11 Å². The minimum Gasteiger partial charge on any atom is -0.388 e. The van der Waals surface area contributed by atoms with Gasteiger partial charge in [0.15, 0.2) is 0 Å². The van der Waals surface area contributed by atoms with Gasteiger partial charge in [0.2, 0.25) is 0 Å². The van der Waals surface area contributed by atoms with Crippen LogP contribution in [0, 0.1) is 5.92 Å². The van der Waals surface area contributed by atoms with Gasteiger partial charge in [-0.15, -0.1) is 11.3 Å². The number of thiophene rings is 1. The fraction of sp³-hybridized carbons (Fsp3) is 0.600. The molecule has 2 atom stereocenters. The number of hydrogen-bond acceptors (Lipinski definition) is 3. The summed E-state index contributed by atoms with van der Waals surface area (Å²) in [5.74, 6) is 2.30. The van der Waals surface area contributed by atoms with Gasteiger partial charge >= 0.3 is 0 Å². The second kappa shape index (κ2) is 4.05. The Labute approximate surface area is 97.5 Å². The van der Waals surface area contributed by atoms with Gasteiger partial charge in [-0.3, -0.25) is 0 Å². The first kappa shape index (κ1) is 10.8. The molecule has 2 heterocycles. The van der Waals surface area contributed by atoms with Crippen LogP contribution in [0.1, 0.15) is 11.8 Å². The van der Waals surface area contributed by atoms with Gasteiger partial charge in [0.25, 0.3) is 0 Å². The molecule has 1 fully saturated rings. The van der Waals surface area contributed by atoms with Gasteiger partial charge in [-0.1, -0.05) is 18.5 Å². The van der Waals surface area contributed by atoms with E-state index in [1.165, 1.54) is 4.88 Å². The van der Waals surface area contributed by atoms with Crippen LogP contribution in [-0.2, 0) is 6.42 Å². The molecule has 14 heavy (non-hydrogen) atoms. The van der Waals surface area contributed by atoms with Crippen molar-refractivity contribution >= 4 is 34.7 Å². The molecule has 1 aromatic heterocycles. The van der Waals surface area contributed by atoms with E-state index >= 15 is 0 Å². The summed E-state index contributed by atoms with van der Waals surface area (Å²) in [5, 5.41) is 10.4.